The summed E-state index contributed by atoms with van der Waals surface area (Å²) in [5.74, 6) is 0.494. The van der Waals surface area contributed by atoms with Gasteiger partial charge in [0.25, 0.3) is 0 Å². The maximum absolute atomic E-state index is 12.1. The van der Waals surface area contributed by atoms with Crippen LogP contribution in [0.2, 0.25) is 0 Å². The average molecular weight is 403 g/mol. The molecule has 2 aromatic carbocycles. The van der Waals surface area contributed by atoms with Crippen LogP contribution < -0.4 is 0 Å². The Balaban J connectivity index is 1.89. The van der Waals surface area contributed by atoms with Crippen LogP contribution in [0.3, 0.4) is 0 Å². The number of nitrogens with zero attached hydrogens (tertiary/aromatic N) is 2. The Bertz CT molecular complexity index is 902. The van der Waals surface area contributed by atoms with Gasteiger partial charge in [0, 0.05) is 25.8 Å². The maximum atomic E-state index is 12.1. The normalized spacial score (nSPS) is 20.1. The molecule has 1 N–H and O–H groups in total. The van der Waals surface area contributed by atoms with Crippen molar-refractivity contribution in [1.29, 1.82) is 5.26 Å². The van der Waals surface area contributed by atoms with Gasteiger partial charge >= 0.3 is 0 Å². The van der Waals surface area contributed by atoms with Crippen LogP contribution in [0.15, 0.2) is 72.4 Å². The average Bonchev–Trinajstić information content (AvgIpc) is 2.79. The highest BCUT2D eigenvalue weighted by Gasteiger charge is 2.29. The summed E-state index contributed by atoms with van der Waals surface area (Å²) in [6.45, 7) is 1.92. The molecule has 0 amide bonds. The van der Waals surface area contributed by atoms with E-state index in [0.717, 1.165) is 24.0 Å². The summed E-state index contributed by atoms with van der Waals surface area (Å²) >= 11 is 0. The van der Waals surface area contributed by atoms with Gasteiger partial charge in [-0.1, -0.05) is 60.7 Å². The minimum atomic E-state index is -0.709. The van der Waals surface area contributed by atoms with E-state index in [1.807, 2.05) is 73.5 Å². The quantitative estimate of drug-likeness (QED) is 0.663. The van der Waals surface area contributed by atoms with Gasteiger partial charge in [0.05, 0.1) is 12.1 Å². The molecule has 30 heavy (non-hydrogen) atoms. The molecule has 4 heteroatoms. The Labute approximate surface area is 179 Å². The number of carbonyl (C=O) groups excluding carboxylic acids is 1. The molecule has 4 nitrogen and oxygen atoms in total. The summed E-state index contributed by atoms with van der Waals surface area (Å²) in [6.07, 6.45) is 4.38. The lowest BCUT2D eigenvalue weighted by atomic mass is 9.76. The first-order chi connectivity index (χ1) is 14.5. The Morgan fingerprint density at radius 2 is 1.73 bits per heavy atom. The van der Waals surface area contributed by atoms with Gasteiger partial charge in [0.1, 0.15) is 17.5 Å². The molecule has 1 saturated carbocycles. The number of nitriles is 1. The molecule has 0 bridgehead atoms. The predicted molar refractivity (Wildman–Crippen MR) is 118 cm³/mol. The van der Waals surface area contributed by atoms with Crippen molar-refractivity contribution in [1.82, 2.24) is 4.90 Å². The summed E-state index contributed by atoms with van der Waals surface area (Å²) in [4.78, 5) is 14.0. The molecule has 0 radical (unpaired) electrons. The van der Waals surface area contributed by atoms with Crippen LogP contribution in [0.5, 0.6) is 0 Å². The van der Waals surface area contributed by atoms with E-state index < -0.39 is 6.10 Å². The van der Waals surface area contributed by atoms with E-state index in [1.165, 1.54) is 0 Å². The zero-order valence-corrected chi connectivity index (χ0v) is 17.7. The first-order valence-electron chi connectivity index (χ1n) is 10.7. The van der Waals surface area contributed by atoms with Crippen molar-refractivity contribution in [2.45, 2.75) is 50.7 Å². The SMILES string of the molecule is C[C@@H]([C@H](O)c1ccccc1)N(C)/C(C#N)=C/[C@H](c1ccccc1)[C@@H]1CCCC(=O)C1. The minimum absolute atomic E-state index is 0.00591. The molecule has 1 fully saturated rings. The summed E-state index contributed by atoms with van der Waals surface area (Å²) in [7, 11) is 1.85. The fourth-order valence-electron chi connectivity index (χ4n) is 4.31. The van der Waals surface area contributed by atoms with Gasteiger partial charge in [0.2, 0.25) is 0 Å². The Kier molecular flexibility index (Phi) is 7.43. The lowest BCUT2D eigenvalue weighted by Crippen LogP contribution is -2.34. The van der Waals surface area contributed by atoms with E-state index in [2.05, 4.69) is 18.2 Å². The standard InChI is InChI=1S/C26H30N2O2/c1-19(26(30)21-12-7-4-8-13-21)28(2)23(18-27)17-25(20-10-5-3-6-11-20)22-14-9-15-24(29)16-22/h3-8,10-13,17,19,22,25-26,30H,9,14-16H2,1-2H3/b23-17+/t19-,22+,25+,26-/m0/s1. The molecular weight excluding hydrogens is 372 g/mol. The van der Waals surface area contributed by atoms with Crippen molar-refractivity contribution in [2.24, 2.45) is 5.92 Å². The molecule has 0 spiro atoms. The third-order valence-electron chi connectivity index (χ3n) is 6.25. The van der Waals surface area contributed by atoms with Crippen LogP contribution >= 0.6 is 0 Å². The van der Waals surface area contributed by atoms with Crippen LogP contribution in [0.1, 0.15) is 55.8 Å². The molecule has 0 heterocycles. The Morgan fingerprint density at radius 3 is 2.30 bits per heavy atom. The van der Waals surface area contributed by atoms with Gasteiger partial charge in [-0.3, -0.25) is 4.79 Å². The van der Waals surface area contributed by atoms with E-state index in [4.69, 9.17) is 0 Å². The molecule has 0 aromatic heterocycles. The Morgan fingerprint density at radius 1 is 1.13 bits per heavy atom. The van der Waals surface area contributed by atoms with E-state index in [9.17, 15) is 15.2 Å². The van der Waals surface area contributed by atoms with Crippen molar-refractivity contribution < 1.29 is 9.90 Å². The number of Topliss-reactive ketones (excluding diaryl/α,β-unsaturated/α-hetero) is 1. The number of aliphatic hydroxyl groups is 1. The number of rotatable bonds is 7. The highest BCUT2D eigenvalue weighted by molar-refractivity contribution is 5.79. The number of ketones is 1. The van der Waals surface area contributed by atoms with Gasteiger partial charge in [-0.15, -0.1) is 0 Å². The van der Waals surface area contributed by atoms with Crippen LogP contribution in [0.4, 0.5) is 0 Å². The van der Waals surface area contributed by atoms with E-state index >= 15 is 0 Å². The van der Waals surface area contributed by atoms with Gasteiger partial charge in [-0.25, -0.2) is 0 Å². The molecular formula is C26H30N2O2. The third-order valence-corrected chi connectivity index (χ3v) is 6.25. The molecule has 0 aliphatic heterocycles. The number of likely N-dealkylation sites (N-methyl/N-ethyl adjacent to an activating group) is 1. The summed E-state index contributed by atoms with van der Waals surface area (Å²) in [5.41, 5.74) is 2.46. The van der Waals surface area contributed by atoms with Gasteiger partial charge in [-0.05, 0) is 42.9 Å². The highest BCUT2D eigenvalue weighted by atomic mass is 16.3. The van der Waals surface area contributed by atoms with Crippen LogP contribution in [0.25, 0.3) is 0 Å². The van der Waals surface area contributed by atoms with Crippen molar-refractivity contribution in [3.63, 3.8) is 0 Å². The molecule has 156 valence electrons. The third kappa shape index (κ3) is 5.17. The number of allylic oxidation sites excluding steroid dienone is 2. The lowest BCUT2D eigenvalue weighted by Gasteiger charge is -2.33. The van der Waals surface area contributed by atoms with Crippen molar-refractivity contribution in [3.8, 4) is 6.07 Å². The fourth-order valence-corrected chi connectivity index (χ4v) is 4.31. The number of benzene rings is 2. The number of aliphatic hydroxyl groups excluding tert-OH is 1. The van der Waals surface area contributed by atoms with E-state index in [0.29, 0.717) is 24.3 Å². The molecule has 3 rings (SSSR count). The van der Waals surface area contributed by atoms with E-state index in [1.54, 1.807) is 0 Å². The largest absolute Gasteiger partial charge is 0.386 e. The zero-order valence-electron chi connectivity index (χ0n) is 17.7. The molecule has 0 unspecified atom stereocenters. The Hall–Kier alpha value is -2.90. The topological polar surface area (TPSA) is 64.3 Å². The predicted octanol–water partition coefficient (Wildman–Crippen LogP) is 4.99. The van der Waals surface area contributed by atoms with Gasteiger partial charge < -0.3 is 10.0 Å². The number of carbonyl (C=O) groups is 1. The first-order valence-corrected chi connectivity index (χ1v) is 10.7. The highest BCUT2D eigenvalue weighted by Crippen LogP contribution is 2.37. The molecule has 0 saturated heterocycles. The lowest BCUT2D eigenvalue weighted by molar-refractivity contribution is -0.121. The summed E-state index contributed by atoms with van der Waals surface area (Å²) in [5, 5.41) is 20.8. The van der Waals surface area contributed by atoms with Crippen LogP contribution in [-0.2, 0) is 4.79 Å². The van der Waals surface area contributed by atoms with Crippen molar-refractivity contribution in [2.75, 3.05) is 7.05 Å². The maximum Gasteiger partial charge on any atom is 0.133 e. The summed E-state index contributed by atoms with van der Waals surface area (Å²) < 4.78 is 0. The fraction of sp³-hybridized carbons (Fsp3) is 0.385. The van der Waals surface area contributed by atoms with Crippen molar-refractivity contribution in [3.05, 3.63) is 83.6 Å². The second-order valence-electron chi connectivity index (χ2n) is 8.20. The molecule has 1 aliphatic rings. The van der Waals surface area contributed by atoms with Crippen LogP contribution in [0, 0.1) is 17.2 Å². The number of hydrogen-bond donors (Lipinski definition) is 1. The molecule has 4 atom stereocenters. The second-order valence-corrected chi connectivity index (χ2v) is 8.20. The molecule has 1 aliphatic carbocycles. The second kappa shape index (κ2) is 10.2. The number of hydrogen-bond acceptors (Lipinski definition) is 4. The van der Waals surface area contributed by atoms with Gasteiger partial charge in [0.15, 0.2) is 0 Å². The van der Waals surface area contributed by atoms with Crippen LogP contribution in [-0.4, -0.2) is 28.9 Å². The molecule has 2 aromatic rings. The van der Waals surface area contributed by atoms with Gasteiger partial charge in [-0.2, -0.15) is 5.26 Å². The summed E-state index contributed by atoms with van der Waals surface area (Å²) in [6, 6.07) is 21.7. The first kappa shape index (κ1) is 21.8. The smallest absolute Gasteiger partial charge is 0.133 e. The monoisotopic (exact) mass is 402 g/mol. The van der Waals surface area contributed by atoms with E-state index in [-0.39, 0.29) is 17.9 Å². The minimum Gasteiger partial charge on any atom is -0.386 e. The zero-order chi connectivity index (χ0) is 21.5. The van der Waals surface area contributed by atoms with Crippen molar-refractivity contribution >= 4 is 5.78 Å².